The molecule has 4 rings (SSSR count). The second-order valence-electron chi connectivity index (χ2n) is 9.49. The topological polar surface area (TPSA) is 78.5 Å². The molecule has 0 radical (unpaired) electrons. The van der Waals surface area contributed by atoms with Gasteiger partial charge in [-0.2, -0.15) is 0 Å². The van der Waals surface area contributed by atoms with Gasteiger partial charge in [0.1, 0.15) is 0 Å². The molecule has 1 saturated heterocycles. The molecule has 0 unspecified atom stereocenters. The Hall–Kier alpha value is -2.64. The second kappa shape index (κ2) is 11.7. The van der Waals surface area contributed by atoms with E-state index in [9.17, 15) is 13.2 Å². The Morgan fingerprint density at radius 1 is 0.912 bits per heavy atom. The molecule has 0 spiro atoms. The maximum atomic E-state index is 12.7. The summed E-state index contributed by atoms with van der Waals surface area (Å²) in [7, 11) is -3.64. The summed E-state index contributed by atoms with van der Waals surface area (Å²) >= 11 is 0. The Balaban J connectivity index is 1.23. The fraction of sp³-hybridized carbons (Fsp3) is 0.444. The first-order valence-electron chi connectivity index (χ1n) is 12.4. The molecule has 1 amide bonds. The normalized spacial score (nSPS) is 18.7. The number of nitrogens with zero attached hydrogens (tertiary/aromatic N) is 1. The van der Waals surface area contributed by atoms with Crippen molar-refractivity contribution in [2.24, 2.45) is 5.92 Å². The van der Waals surface area contributed by atoms with Gasteiger partial charge >= 0.3 is 0 Å². The van der Waals surface area contributed by atoms with Crippen LogP contribution in [-0.2, 0) is 10.0 Å². The number of hydrogen-bond donors (Lipinski definition) is 2. The molecule has 0 bridgehead atoms. The minimum atomic E-state index is -3.64. The van der Waals surface area contributed by atoms with Gasteiger partial charge in [-0.1, -0.05) is 49.6 Å². The van der Waals surface area contributed by atoms with Crippen LogP contribution in [0.1, 0.15) is 60.9 Å². The molecule has 1 heterocycles. The summed E-state index contributed by atoms with van der Waals surface area (Å²) in [6.07, 6.45) is 10.4. The Labute approximate surface area is 203 Å². The SMILES string of the molecule is O=C(NC1CCN(CC2CCCCC2)CC1)c1ccc(NS(=O)(=O)/C=C/c2ccccc2)cc1. The minimum absolute atomic E-state index is 0.107. The Bertz CT molecular complexity index is 1050. The number of amides is 1. The fourth-order valence-electron chi connectivity index (χ4n) is 4.88. The smallest absolute Gasteiger partial charge is 0.255 e. The van der Waals surface area contributed by atoms with Gasteiger partial charge in [-0.3, -0.25) is 9.52 Å². The van der Waals surface area contributed by atoms with Gasteiger partial charge in [-0.05, 0) is 67.5 Å². The van der Waals surface area contributed by atoms with Crippen LogP contribution in [0.2, 0.25) is 0 Å². The lowest BCUT2D eigenvalue weighted by molar-refractivity contribution is 0.0901. The number of carbonyl (C=O) groups is 1. The van der Waals surface area contributed by atoms with Gasteiger partial charge in [0.25, 0.3) is 15.9 Å². The molecule has 0 atom stereocenters. The highest BCUT2D eigenvalue weighted by Gasteiger charge is 2.24. The monoisotopic (exact) mass is 481 g/mol. The molecule has 2 N–H and O–H groups in total. The van der Waals surface area contributed by atoms with Gasteiger partial charge in [-0.25, -0.2) is 8.42 Å². The summed E-state index contributed by atoms with van der Waals surface area (Å²) in [5.74, 6) is 0.744. The molecule has 2 aromatic rings. The van der Waals surface area contributed by atoms with Gasteiger partial charge in [0.2, 0.25) is 0 Å². The van der Waals surface area contributed by atoms with Crippen LogP contribution in [0.4, 0.5) is 5.69 Å². The lowest BCUT2D eigenvalue weighted by Crippen LogP contribution is -2.45. The third-order valence-electron chi connectivity index (χ3n) is 6.81. The van der Waals surface area contributed by atoms with Crippen molar-refractivity contribution in [2.75, 3.05) is 24.4 Å². The van der Waals surface area contributed by atoms with Crippen molar-refractivity contribution in [3.8, 4) is 0 Å². The molecule has 6 nitrogen and oxygen atoms in total. The van der Waals surface area contributed by atoms with Crippen molar-refractivity contribution in [3.63, 3.8) is 0 Å². The molecule has 1 aliphatic heterocycles. The number of rotatable bonds is 8. The third-order valence-corrected chi connectivity index (χ3v) is 7.82. The fourth-order valence-corrected chi connectivity index (χ4v) is 5.75. The average molecular weight is 482 g/mol. The predicted molar refractivity (Wildman–Crippen MR) is 138 cm³/mol. The van der Waals surface area contributed by atoms with Crippen LogP contribution in [0.3, 0.4) is 0 Å². The summed E-state index contributed by atoms with van der Waals surface area (Å²) in [5.41, 5.74) is 1.76. The molecule has 2 aliphatic rings. The number of likely N-dealkylation sites (tertiary alicyclic amines) is 1. The van der Waals surface area contributed by atoms with E-state index in [0.717, 1.165) is 42.8 Å². The lowest BCUT2D eigenvalue weighted by Gasteiger charge is -2.35. The highest BCUT2D eigenvalue weighted by atomic mass is 32.2. The van der Waals surface area contributed by atoms with Crippen LogP contribution in [0.5, 0.6) is 0 Å². The largest absolute Gasteiger partial charge is 0.349 e. The number of sulfonamides is 1. The Kier molecular flexibility index (Phi) is 8.40. The van der Waals surface area contributed by atoms with E-state index in [-0.39, 0.29) is 11.9 Å². The van der Waals surface area contributed by atoms with E-state index in [0.29, 0.717) is 11.3 Å². The molecule has 182 valence electrons. The standard InChI is InChI=1S/C27H35N3O3S/c31-27(28-25-15-18-30(19-16-25)21-23-9-5-2-6-10-23)24-11-13-26(14-12-24)29-34(32,33)20-17-22-7-3-1-4-8-22/h1,3-4,7-8,11-14,17,20,23,25,29H,2,5-6,9-10,15-16,18-19,21H2,(H,28,31)/b20-17+. The quantitative estimate of drug-likeness (QED) is 0.564. The second-order valence-corrected chi connectivity index (χ2v) is 11.1. The first-order chi connectivity index (χ1) is 16.5. The Morgan fingerprint density at radius 3 is 2.26 bits per heavy atom. The van der Waals surface area contributed by atoms with Crippen molar-refractivity contribution >= 4 is 27.7 Å². The summed E-state index contributed by atoms with van der Waals surface area (Å²) in [5, 5.41) is 4.29. The van der Waals surface area contributed by atoms with E-state index in [1.807, 2.05) is 30.3 Å². The highest BCUT2D eigenvalue weighted by molar-refractivity contribution is 7.95. The zero-order chi connectivity index (χ0) is 23.8. The van der Waals surface area contributed by atoms with E-state index in [4.69, 9.17) is 0 Å². The van der Waals surface area contributed by atoms with Crippen LogP contribution in [0.15, 0.2) is 60.0 Å². The van der Waals surface area contributed by atoms with Gasteiger partial charge in [0.05, 0.1) is 5.41 Å². The molecule has 2 aromatic carbocycles. The summed E-state index contributed by atoms with van der Waals surface area (Å²) in [4.78, 5) is 15.3. The van der Waals surface area contributed by atoms with Crippen LogP contribution in [0.25, 0.3) is 6.08 Å². The van der Waals surface area contributed by atoms with Crippen molar-refractivity contribution < 1.29 is 13.2 Å². The van der Waals surface area contributed by atoms with Gasteiger partial charge in [-0.15, -0.1) is 0 Å². The minimum Gasteiger partial charge on any atom is -0.349 e. The van der Waals surface area contributed by atoms with Gasteiger partial charge < -0.3 is 10.2 Å². The third kappa shape index (κ3) is 7.43. The average Bonchev–Trinajstić information content (AvgIpc) is 2.85. The first kappa shape index (κ1) is 24.5. The van der Waals surface area contributed by atoms with Crippen molar-refractivity contribution in [1.82, 2.24) is 10.2 Å². The molecule has 1 saturated carbocycles. The molecular formula is C27H35N3O3S. The van der Waals surface area contributed by atoms with E-state index in [1.165, 1.54) is 38.6 Å². The molecular weight excluding hydrogens is 446 g/mol. The van der Waals surface area contributed by atoms with Gasteiger partial charge in [0.15, 0.2) is 0 Å². The van der Waals surface area contributed by atoms with E-state index >= 15 is 0 Å². The highest BCUT2D eigenvalue weighted by Crippen LogP contribution is 2.25. The van der Waals surface area contributed by atoms with Crippen molar-refractivity contribution in [1.29, 1.82) is 0 Å². The van der Waals surface area contributed by atoms with Crippen LogP contribution >= 0.6 is 0 Å². The number of benzene rings is 2. The first-order valence-corrected chi connectivity index (χ1v) is 13.9. The predicted octanol–water partition coefficient (Wildman–Crippen LogP) is 4.87. The van der Waals surface area contributed by atoms with E-state index in [1.54, 1.807) is 30.3 Å². The Morgan fingerprint density at radius 2 is 1.59 bits per heavy atom. The van der Waals surface area contributed by atoms with E-state index in [2.05, 4.69) is 14.9 Å². The van der Waals surface area contributed by atoms with Crippen LogP contribution < -0.4 is 10.0 Å². The van der Waals surface area contributed by atoms with Crippen LogP contribution in [-0.4, -0.2) is 44.9 Å². The van der Waals surface area contributed by atoms with Crippen LogP contribution in [0, 0.1) is 5.92 Å². The van der Waals surface area contributed by atoms with Crippen molar-refractivity contribution in [3.05, 3.63) is 71.1 Å². The lowest BCUT2D eigenvalue weighted by atomic mass is 9.88. The molecule has 7 heteroatoms. The number of piperidine rings is 1. The number of carbonyl (C=O) groups excluding carboxylic acids is 1. The molecule has 0 aromatic heterocycles. The summed E-state index contributed by atoms with van der Waals surface area (Å²) < 4.78 is 27.2. The maximum Gasteiger partial charge on any atom is 0.255 e. The number of nitrogens with one attached hydrogen (secondary N) is 2. The molecule has 34 heavy (non-hydrogen) atoms. The zero-order valence-corrected chi connectivity index (χ0v) is 20.5. The number of anilines is 1. The zero-order valence-electron chi connectivity index (χ0n) is 19.7. The van der Waals surface area contributed by atoms with Gasteiger partial charge in [0, 0.05) is 36.9 Å². The summed E-state index contributed by atoms with van der Waals surface area (Å²) in [6.45, 7) is 3.29. The maximum absolute atomic E-state index is 12.7. The molecule has 2 fully saturated rings. The van der Waals surface area contributed by atoms with E-state index < -0.39 is 10.0 Å². The molecule has 1 aliphatic carbocycles. The number of hydrogen-bond acceptors (Lipinski definition) is 4. The van der Waals surface area contributed by atoms with Crippen molar-refractivity contribution in [2.45, 2.75) is 51.0 Å². The summed E-state index contributed by atoms with van der Waals surface area (Å²) in [6, 6.07) is 16.0.